The topological polar surface area (TPSA) is 21.3 Å². The fourth-order valence-electron chi connectivity index (χ4n) is 9.39. The molecule has 3 nitrogen and oxygen atoms in total. The lowest BCUT2D eigenvalue weighted by Crippen LogP contribution is -2.10. The zero-order chi connectivity index (χ0) is 40.3. The van der Waals surface area contributed by atoms with Crippen molar-refractivity contribution in [3.63, 3.8) is 0 Å². The summed E-state index contributed by atoms with van der Waals surface area (Å²) < 4.78 is 9.18. The van der Waals surface area contributed by atoms with Crippen molar-refractivity contribution < 1.29 is 4.42 Å². The van der Waals surface area contributed by atoms with E-state index in [2.05, 4.69) is 240 Å². The molecule has 12 aromatic rings. The molecule has 10 aromatic carbocycles. The average Bonchev–Trinajstić information content (AvgIpc) is 3.87. The Hall–Kier alpha value is -8.14. The molecular formula is C58H38N2O. The lowest BCUT2D eigenvalue weighted by Gasteiger charge is -2.26. The Morgan fingerprint density at radius 3 is 1.56 bits per heavy atom. The van der Waals surface area contributed by atoms with Crippen LogP contribution in [0.15, 0.2) is 235 Å². The first-order valence-corrected chi connectivity index (χ1v) is 20.8. The van der Waals surface area contributed by atoms with E-state index in [4.69, 9.17) is 4.42 Å². The minimum atomic E-state index is 0.871. The molecule has 0 unspecified atom stereocenters. The van der Waals surface area contributed by atoms with Gasteiger partial charge in [0.1, 0.15) is 11.2 Å². The molecule has 0 atom stereocenters. The Balaban J connectivity index is 1.15. The summed E-state index contributed by atoms with van der Waals surface area (Å²) in [5.41, 5.74) is 15.4. The first-order valence-electron chi connectivity index (χ1n) is 20.8. The third-order valence-corrected chi connectivity index (χ3v) is 12.2. The van der Waals surface area contributed by atoms with Crippen molar-refractivity contribution in [2.45, 2.75) is 0 Å². The van der Waals surface area contributed by atoms with E-state index < -0.39 is 0 Å². The van der Waals surface area contributed by atoms with Gasteiger partial charge in [0.25, 0.3) is 0 Å². The molecule has 61 heavy (non-hydrogen) atoms. The summed E-state index contributed by atoms with van der Waals surface area (Å²) in [5, 5.41) is 7.05. The van der Waals surface area contributed by atoms with Crippen LogP contribution in [0.1, 0.15) is 0 Å². The molecule has 2 heterocycles. The number of para-hydroxylation sites is 2. The number of benzene rings is 10. The maximum Gasteiger partial charge on any atom is 0.138 e. The number of rotatable bonds is 7. The predicted molar refractivity (Wildman–Crippen MR) is 257 cm³/mol. The smallest absolute Gasteiger partial charge is 0.138 e. The summed E-state index contributed by atoms with van der Waals surface area (Å²) in [4.78, 5) is 2.38. The van der Waals surface area contributed by atoms with Gasteiger partial charge in [-0.15, -0.1) is 0 Å². The number of hydrogen-bond acceptors (Lipinski definition) is 2. The SMILES string of the molecule is c1ccc(-c2ccc(N(c3ccc(-c4ccccc4)cc3)c3ccc4c5c(-c6cccc7ccccc67)c6c(cc5n(-c5ccccc5)c4c3)oc3ccccc36)cc2)cc1. The van der Waals surface area contributed by atoms with Crippen molar-refractivity contribution in [1.82, 2.24) is 4.57 Å². The monoisotopic (exact) mass is 778 g/mol. The fraction of sp³-hybridized carbons (Fsp3) is 0. The van der Waals surface area contributed by atoms with E-state index in [-0.39, 0.29) is 0 Å². The van der Waals surface area contributed by atoms with Crippen LogP contribution in [0.4, 0.5) is 17.1 Å². The van der Waals surface area contributed by atoms with Crippen molar-refractivity contribution in [2.75, 3.05) is 4.90 Å². The van der Waals surface area contributed by atoms with Gasteiger partial charge in [0.15, 0.2) is 0 Å². The number of aromatic nitrogens is 1. The van der Waals surface area contributed by atoms with Gasteiger partial charge in [0.2, 0.25) is 0 Å². The normalized spacial score (nSPS) is 11.6. The van der Waals surface area contributed by atoms with Crippen molar-refractivity contribution in [1.29, 1.82) is 0 Å². The standard InChI is InChI=1S/C58H38N2O/c1-4-15-39(16-5-1)41-27-31-45(32-28-41)59(46-33-29-42(30-34-46)40-17-6-2-7-18-40)47-35-36-50-52(37-47)60(44-21-8-3-9-22-44)53-38-55-57(51-24-12-13-26-54(51)61-55)58(56(50)53)49-25-14-20-43-19-10-11-23-48(43)49/h1-38H. The van der Waals surface area contributed by atoms with E-state index in [1.165, 1.54) is 54.9 Å². The molecule has 0 N–H and O–H groups in total. The van der Waals surface area contributed by atoms with Crippen LogP contribution in [0.3, 0.4) is 0 Å². The number of fused-ring (bicyclic) bond motifs is 7. The van der Waals surface area contributed by atoms with Gasteiger partial charge in [-0.3, -0.25) is 0 Å². The Morgan fingerprint density at radius 1 is 0.344 bits per heavy atom. The number of furan rings is 1. The van der Waals surface area contributed by atoms with Gasteiger partial charge in [0.05, 0.1) is 11.0 Å². The van der Waals surface area contributed by atoms with E-state index in [0.29, 0.717) is 0 Å². The second-order valence-electron chi connectivity index (χ2n) is 15.7. The van der Waals surface area contributed by atoms with Crippen molar-refractivity contribution >= 4 is 71.6 Å². The molecule has 0 radical (unpaired) electrons. The van der Waals surface area contributed by atoms with Gasteiger partial charge >= 0.3 is 0 Å². The van der Waals surface area contributed by atoms with E-state index in [9.17, 15) is 0 Å². The molecule has 0 aliphatic heterocycles. The summed E-state index contributed by atoms with van der Waals surface area (Å²) in [7, 11) is 0. The Bertz CT molecular complexity index is 3460. The summed E-state index contributed by atoms with van der Waals surface area (Å²) in [6.45, 7) is 0. The molecule has 0 fully saturated rings. The predicted octanol–water partition coefficient (Wildman–Crippen LogP) is 16.3. The summed E-state index contributed by atoms with van der Waals surface area (Å²) in [5.74, 6) is 0. The van der Waals surface area contributed by atoms with E-state index in [1.54, 1.807) is 0 Å². The van der Waals surface area contributed by atoms with Gasteiger partial charge in [-0.25, -0.2) is 0 Å². The fourth-order valence-corrected chi connectivity index (χ4v) is 9.39. The van der Waals surface area contributed by atoms with Crippen molar-refractivity contribution in [2.24, 2.45) is 0 Å². The van der Waals surface area contributed by atoms with Crippen LogP contribution < -0.4 is 4.90 Å². The molecule has 0 aliphatic carbocycles. The molecule has 286 valence electrons. The molecule has 3 heteroatoms. The van der Waals surface area contributed by atoms with Crippen LogP contribution in [0.5, 0.6) is 0 Å². The first-order chi connectivity index (χ1) is 30.3. The highest BCUT2D eigenvalue weighted by Crippen LogP contribution is 2.49. The molecule has 0 saturated heterocycles. The van der Waals surface area contributed by atoms with Gasteiger partial charge in [0, 0.05) is 55.9 Å². The summed E-state index contributed by atoms with van der Waals surface area (Å²) >= 11 is 0. The average molecular weight is 779 g/mol. The summed E-state index contributed by atoms with van der Waals surface area (Å²) in [6, 6.07) is 82.8. The second kappa shape index (κ2) is 14.3. The second-order valence-corrected chi connectivity index (χ2v) is 15.7. The molecular weight excluding hydrogens is 741 g/mol. The zero-order valence-electron chi connectivity index (χ0n) is 33.2. The van der Waals surface area contributed by atoms with Gasteiger partial charge in [-0.1, -0.05) is 170 Å². The third kappa shape index (κ3) is 5.82. The molecule has 2 aromatic heterocycles. The molecule has 0 spiro atoms. The largest absolute Gasteiger partial charge is 0.456 e. The highest BCUT2D eigenvalue weighted by atomic mass is 16.3. The number of nitrogens with zero attached hydrogens (tertiary/aromatic N) is 2. The minimum absolute atomic E-state index is 0.871. The Labute approximate surface area is 353 Å². The minimum Gasteiger partial charge on any atom is -0.456 e. The third-order valence-electron chi connectivity index (χ3n) is 12.2. The van der Waals surface area contributed by atoms with Crippen LogP contribution in [0.25, 0.3) is 93.6 Å². The summed E-state index contributed by atoms with van der Waals surface area (Å²) in [6.07, 6.45) is 0. The number of anilines is 3. The van der Waals surface area contributed by atoms with Gasteiger partial charge in [-0.2, -0.15) is 0 Å². The van der Waals surface area contributed by atoms with E-state index >= 15 is 0 Å². The van der Waals surface area contributed by atoms with Gasteiger partial charge < -0.3 is 13.9 Å². The van der Waals surface area contributed by atoms with Crippen LogP contribution in [0, 0.1) is 0 Å². The van der Waals surface area contributed by atoms with E-state index in [1.807, 2.05) is 0 Å². The molecule has 0 saturated carbocycles. The highest BCUT2D eigenvalue weighted by Gasteiger charge is 2.25. The number of hydrogen-bond donors (Lipinski definition) is 0. The van der Waals surface area contributed by atoms with Crippen molar-refractivity contribution in [3.8, 4) is 39.1 Å². The van der Waals surface area contributed by atoms with E-state index in [0.717, 1.165) is 55.7 Å². The first kappa shape index (κ1) is 34.9. The maximum absolute atomic E-state index is 6.76. The van der Waals surface area contributed by atoms with Crippen LogP contribution in [-0.4, -0.2) is 4.57 Å². The van der Waals surface area contributed by atoms with Crippen LogP contribution in [0.2, 0.25) is 0 Å². The molecule has 0 bridgehead atoms. The Morgan fingerprint density at radius 2 is 0.885 bits per heavy atom. The highest BCUT2D eigenvalue weighted by molar-refractivity contribution is 6.29. The quantitative estimate of drug-likeness (QED) is 0.161. The lowest BCUT2D eigenvalue weighted by molar-refractivity contribution is 0.669. The molecule has 0 aliphatic rings. The maximum atomic E-state index is 6.76. The van der Waals surface area contributed by atoms with Crippen molar-refractivity contribution in [3.05, 3.63) is 231 Å². The molecule has 0 amide bonds. The zero-order valence-corrected chi connectivity index (χ0v) is 33.2. The van der Waals surface area contributed by atoms with Crippen LogP contribution in [-0.2, 0) is 0 Å². The van der Waals surface area contributed by atoms with Crippen LogP contribution >= 0.6 is 0 Å². The lowest BCUT2D eigenvalue weighted by atomic mass is 9.91. The Kier molecular flexibility index (Phi) is 8.17. The van der Waals surface area contributed by atoms with Gasteiger partial charge in [-0.05, 0) is 93.2 Å². The molecule has 12 rings (SSSR count).